The fraction of sp³-hybridized carbons (Fsp3) is 0.500. The molecule has 0 aliphatic heterocycles. The molecule has 1 rings (SSSR count). The number of likely N-dealkylation sites (N-methyl/N-ethyl adjacent to an activating group) is 1. The monoisotopic (exact) mass is 289 g/mol. The third-order valence-corrected chi connectivity index (χ3v) is 2.85. The minimum Gasteiger partial charge on any atom is -0.307 e. The molecule has 1 N–H and O–H groups in total. The van der Waals surface area contributed by atoms with Gasteiger partial charge in [0, 0.05) is 10.6 Å². The van der Waals surface area contributed by atoms with Crippen molar-refractivity contribution in [1.82, 2.24) is 5.32 Å². The van der Waals surface area contributed by atoms with E-state index in [1.807, 2.05) is 6.92 Å². The molecule has 4 heteroatoms. The Labute approximate surface area is 121 Å². The first kappa shape index (κ1) is 17.4. The Morgan fingerprint density at radius 2 is 1.83 bits per heavy atom. The average Bonchev–Trinajstić information content (AvgIpc) is 2.28. The van der Waals surface area contributed by atoms with Crippen LogP contribution >= 0.6 is 24.0 Å². The zero-order valence-electron chi connectivity index (χ0n) is 11.1. The number of hydrogen-bond acceptors (Lipinski definition) is 2. The molecular formula is C14H21Cl2NO. The highest BCUT2D eigenvalue weighted by Crippen LogP contribution is 2.14. The average molecular weight is 290 g/mol. The summed E-state index contributed by atoms with van der Waals surface area (Å²) in [6.07, 6.45) is 0.856. The Kier molecular flexibility index (Phi) is 8.25. The van der Waals surface area contributed by atoms with Crippen LogP contribution in [0, 0.1) is 5.92 Å². The van der Waals surface area contributed by atoms with Gasteiger partial charge in [0.1, 0.15) is 0 Å². The molecule has 0 saturated carbocycles. The van der Waals surface area contributed by atoms with E-state index in [2.05, 4.69) is 19.2 Å². The lowest BCUT2D eigenvalue weighted by molar-refractivity contribution is 0.0931. The van der Waals surface area contributed by atoms with Crippen molar-refractivity contribution in [2.24, 2.45) is 5.92 Å². The van der Waals surface area contributed by atoms with Crippen molar-refractivity contribution < 1.29 is 4.79 Å². The molecular weight excluding hydrogens is 269 g/mol. The minimum absolute atomic E-state index is 0. The third kappa shape index (κ3) is 5.38. The topological polar surface area (TPSA) is 29.1 Å². The van der Waals surface area contributed by atoms with Gasteiger partial charge in [-0.05, 0) is 43.1 Å². The number of halogens is 2. The number of nitrogens with one attached hydrogen (secondary N) is 1. The molecule has 0 aliphatic carbocycles. The Hall–Kier alpha value is -0.570. The molecule has 0 fully saturated rings. The lowest BCUT2D eigenvalue weighted by atomic mass is 9.96. The van der Waals surface area contributed by atoms with E-state index in [0.717, 1.165) is 18.5 Å². The summed E-state index contributed by atoms with van der Waals surface area (Å²) in [5, 5.41) is 3.90. The van der Waals surface area contributed by atoms with Crippen molar-refractivity contribution in [2.75, 3.05) is 6.54 Å². The minimum atomic E-state index is -0.0961. The van der Waals surface area contributed by atoms with Crippen LogP contribution in [0.5, 0.6) is 0 Å². The molecule has 0 aromatic heterocycles. The van der Waals surface area contributed by atoms with Gasteiger partial charge in [-0.1, -0.05) is 32.4 Å². The van der Waals surface area contributed by atoms with Gasteiger partial charge in [-0.25, -0.2) is 0 Å². The van der Waals surface area contributed by atoms with Crippen LogP contribution in [0.4, 0.5) is 0 Å². The van der Waals surface area contributed by atoms with Crippen LogP contribution in [-0.2, 0) is 0 Å². The maximum absolute atomic E-state index is 12.3. The molecule has 0 aliphatic rings. The zero-order valence-corrected chi connectivity index (χ0v) is 12.6. The number of benzene rings is 1. The standard InChI is InChI=1S/C14H20ClNO.ClH/c1-4-16-13(9-10(2)3)14(17)11-5-7-12(15)8-6-11;/h5-8,10,13,16H,4,9H2,1-3H3;1H. The van der Waals surface area contributed by atoms with Crippen molar-refractivity contribution in [3.63, 3.8) is 0 Å². The second-order valence-corrected chi connectivity index (χ2v) is 5.05. The Balaban J connectivity index is 0.00000289. The molecule has 0 spiro atoms. The van der Waals surface area contributed by atoms with Crippen LogP contribution < -0.4 is 5.32 Å². The molecule has 0 amide bonds. The zero-order chi connectivity index (χ0) is 12.8. The van der Waals surface area contributed by atoms with Crippen LogP contribution in [0.3, 0.4) is 0 Å². The summed E-state index contributed by atoms with van der Waals surface area (Å²) < 4.78 is 0. The summed E-state index contributed by atoms with van der Waals surface area (Å²) >= 11 is 5.81. The molecule has 1 unspecified atom stereocenters. The lowest BCUT2D eigenvalue weighted by Gasteiger charge is -2.18. The van der Waals surface area contributed by atoms with Gasteiger partial charge in [0.2, 0.25) is 0 Å². The normalized spacial score (nSPS) is 12.1. The van der Waals surface area contributed by atoms with E-state index in [9.17, 15) is 4.79 Å². The molecule has 2 nitrogen and oxygen atoms in total. The molecule has 0 bridgehead atoms. The van der Waals surface area contributed by atoms with Crippen LogP contribution in [0.25, 0.3) is 0 Å². The van der Waals surface area contributed by atoms with Crippen LogP contribution in [0.2, 0.25) is 5.02 Å². The van der Waals surface area contributed by atoms with Gasteiger partial charge in [-0.3, -0.25) is 4.79 Å². The second kappa shape index (κ2) is 8.52. The number of rotatable bonds is 6. The van der Waals surface area contributed by atoms with Gasteiger partial charge < -0.3 is 5.32 Å². The molecule has 1 atom stereocenters. The summed E-state index contributed by atoms with van der Waals surface area (Å²) in [6, 6.07) is 6.99. The Bertz CT molecular complexity index is 363. The van der Waals surface area contributed by atoms with Crippen molar-refractivity contribution in [2.45, 2.75) is 33.2 Å². The van der Waals surface area contributed by atoms with Gasteiger partial charge in [-0.15, -0.1) is 12.4 Å². The summed E-state index contributed by atoms with van der Waals surface area (Å²) in [7, 11) is 0. The summed E-state index contributed by atoms with van der Waals surface area (Å²) in [4.78, 5) is 12.3. The fourth-order valence-electron chi connectivity index (χ4n) is 1.82. The van der Waals surface area contributed by atoms with E-state index in [1.54, 1.807) is 24.3 Å². The first-order chi connectivity index (χ1) is 8.04. The maximum atomic E-state index is 12.3. The molecule has 1 aromatic carbocycles. The van der Waals surface area contributed by atoms with E-state index in [4.69, 9.17) is 11.6 Å². The summed E-state index contributed by atoms with van der Waals surface area (Å²) in [5.74, 6) is 0.646. The smallest absolute Gasteiger partial charge is 0.179 e. The van der Waals surface area contributed by atoms with E-state index in [-0.39, 0.29) is 24.2 Å². The van der Waals surface area contributed by atoms with Crippen LogP contribution in [-0.4, -0.2) is 18.4 Å². The fourth-order valence-corrected chi connectivity index (χ4v) is 1.94. The summed E-state index contributed by atoms with van der Waals surface area (Å²) in [5.41, 5.74) is 0.723. The molecule has 0 heterocycles. The van der Waals surface area contributed by atoms with Crippen LogP contribution in [0.1, 0.15) is 37.6 Å². The van der Waals surface area contributed by atoms with Crippen LogP contribution in [0.15, 0.2) is 24.3 Å². The summed E-state index contributed by atoms with van der Waals surface area (Å²) in [6.45, 7) is 7.07. The third-order valence-electron chi connectivity index (χ3n) is 2.60. The Morgan fingerprint density at radius 1 is 1.28 bits per heavy atom. The van der Waals surface area contributed by atoms with Gasteiger partial charge in [0.25, 0.3) is 0 Å². The molecule has 0 radical (unpaired) electrons. The highest BCUT2D eigenvalue weighted by atomic mass is 35.5. The number of Topliss-reactive ketones (excluding diaryl/α,β-unsaturated/α-hetero) is 1. The first-order valence-electron chi connectivity index (χ1n) is 6.07. The predicted molar refractivity (Wildman–Crippen MR) is 80.0 cm³/mol. The number of carbonyl (C=O) groups excluding carboxylic acids is 1. The molecule has 1 aromatic rings. The largest absolute Gasteiger partial charge is 0.307 e. The lowest BCUT2D eigenvalue weighted by Crippen LogP contribution is -2.37. The SMILES string of the molecule is CCNC(CC(C)C)C(=O)c1ccc(Cl)cc1.Cl. The maximum Gasteiger partial charge on any atom is 0.179 e. The Morgan fingerprint density at radius 3 is 2.28 bits per heavy atom. The highest BCUT2D eigenvalue weighted by molar-refractivity contribution is 6.30. The van der Waals surface area contributed by atoms with E-state index in [0.29, 0.717) is 10.9 Å². The predicted octanol–water partition coefficient (Wildman–Crippen LogP) is 3.97. The van der Waals surface area contributed by atoms with E-state index >= 15 is 0 Å². The van der Waals surface area contributed by atoms with Crippen molar-refractivity contribution in [1.29, 1.82) is 0 Å². The second-order valence-electron chi connectivity index (χ2n) is 4.61. The van der Waals surface area contributed by atoms with Gasteiger partial charge in [0.05, 0.1) is 6.04 Å². The quantitative estimate of drug-likeness (QED) is 0.803. The van der Waals surface area contributed by atoms with Gasteiger partial charge in [-0.2, -0.15) is 0 Å². The van der Waals surface area contributed by atoms with Gasteiger partial charge >= 0.3 is 0 Å². The molecule has 18 heavy (non-hydrogen) atoms. The van der Waals surface area contributed by atoms with Crippen molar-refractivity contribution >= 4 is 29.8 Å². The van der Waals surface area contributed by atoms with Crippen molar-refractivity contribution in [3.05, 3.63) is 34.9 Å². The number of ketones is 1. The highest BCUT2D eigenvalue weighted by Gasteiger charge is 2.19. The molecule has 102 valence electrons. The van der Waals surface area contributed by atoms with Crippen molar-refractivity contribution in [3.8, 4) is 0 Å². The molecule has 0 saturated heterocycles. The van der Waals surface area contributed by atoms with E-state index in [1.165, 1.54) is 0 Å². The first-order valence-corrected chi connectivity index (χ1v) is 6.45. The number of hydrogen-bond donors (Lipinski definition) is 1. The van der Waals surface area contributed by atoms with Gasteiger partial charge in [0.15, 0.2) is 5.78 Å². The number of carbonyl (C=O) groups is 1. The van der Waals surface area contributed by atoms with E-state index < -0.39 is 0 Å².